The maximum Gasteiger partial charge on any atom is 0.114 e. The van der Waals surface area contributed by atoms with Crippen molar-refractivity contribution in [2.45, 2.75) is 13.0 Å². The van der Waals surface area contributed by atoms with Crippen molar-refractivity contribution in [3.8, 4) is 0 Å². The molecule has 0 spiro atoms. The van der Waals surface area contributed by atoms with Crippen LogP contribution in [0.25, 0.3) is 0 Å². The van der Waals surface area contributed by atoms with Gasteiger partial charge in [-0.25, -0.2) is 0 Å². The van der Waals surface area contributed by atoms with Crippen molar-refractivity contribution in [1.29, 1.82) is 0 Å². The molecule has 56 valence electrons. The molecule has 0 aliphatic heterocycles. The predicted octanol–water partition coefficient (Wildman–Crippen LogP) is 1.19. The van der Waals surface area contributed by atoms with Crippen LogP contribution in [0.2, 0.25) is 5.02 Å². The van der Waals surface area contributed by atoms with Gasteiger partial charge in [0.25, 0.3) is 0 Å². The number of hydrogen-bond donors (Lipinski definition) is 1. The van der Waals surface area contributed by atoms with E-state index in [1.54, 1.807) is 25.1 Å². The van der Waals surface area contributed by atoms with Crippen LogP contribution in [-0.4, -0.2) is 13.0 Å². The SMILES string of the molecule is [B]c1ccc(Cl)cc1C(C)O. The van der Waals surface area contributed by atoms with Crippen LogP contribution >= 0.6 is 11.6 Å². The number of rotatable bonds is 1. The first-order chi connectivity index (χ1) is 5.11. The van der Waals surface area contributed by atoms with Crippen molar-refractivity contribution in [3.05, 3.63) is 28.8 Å². The van der Waals surface area contributed by atoms with Gasteiger partial charge in [-0.05, 0) is 24.6 Å². The topological polar surface area (TPSA) is 20.2 Å². The molecule has 0 amide bonds. The zero-order valence-corrected chi connectivity index (χ0v) is 6.97. The summed E-state index contributed by atoms with van der Waals surface area (Å²) in [6, 6.07) is 5.05. The Morgan fingerprint density at radius 3 is 2.64 bits per heavy atom. The monoisotopic (exact) mass is 166 g/mol. The molecule has 0 saturated carbocycles. The van der Waals surface area contributed by atoms with E-state index in [4.69, 9.17) is 19.4 Å². The smallest absolute Gasteiger partial charge is 0.114 e. The fourth-order valence-electron chi connectivity index (χ4n) is 0.907. The van der Waals surface area contributed by atoms with E-state index in [0.29, 0.717) is 16.0 Å². The number of aliphatic hydroxyl groups is 1. The molecule has 0 fully saturated rings. The van der Waals surface area contributed by atoms with Gasteiger partial charge < -0.3 is 5.11 Å². The molecule has 0 aliphatic carbocycles. The largest absolute Gasteiger partial charge is 0.389 e. The molecule has 1 N–H and O–H groups in total. The summed E-state index contributed by atoms with van der Waals surface area (Å²) in [5.41, 5.74) is 1.25. The van der Waals surface area contributed by atoms with E-state index in [1.807, 2.05) is 0 Å². The number of halogens is 1. The highest BCUT2D eigenvalue weighted by atomic mass is 35.5. The average molecular weight is 166 g/mol. The fraction of sp³-hybridized carbons (Fsp3) is 0.250. The Hall–Kier alpha value is -0.465. The first-order valence-electron chi connectivity index (χ1n) is 3.34. The number of aliphatic hydroxyl groups excluding tert-OH is 1. The highest BCUT2D eigenvalue weighted by molar-refractivity contribution is 6.35. The van der Waals surface area contributed by atoms with Gasteiger partial charge in [-0.15, -0.1) is 0 Å². The minimum absolute atomic E-state index is 0.561. The van der Waals surface area contributed by atoms with Gasteiger partial charge in [-0.2, -0.15) is 0 Å². The molecule has 0 saturated heterocycles. The summed E-state index contributed by atoms with van der Waals surface area (Å²) in [5, 5.41) is 9.78. The van der Waals surface area contributed by atoms with Crippen molar-refractivity contribution in [1.82, 2.24) is 0 Å². The van der Waals surface area contributed by atoms with Crippen LogP contribution in [0.1, 0.15) is 18.6 Å². The molecule has 1 atom stereocenters. The van der Waals surface area contributed by atoms with E-state index >= 15 is 0 Å². The van der Waals surface area contributed by atoms with Crippen LogP contribution in [0.3, 0.4) is 0 Å². The molecule has 1 rings (SSSR count). The van der Waals surface area contributed by atoms with E-state index in [2.05, 4.69) is 0 Å². The lowest BCUT2D eigenvalue weighted by Gasteiger charge is -2.08. The summed E-state index contributed by atoms with van der Waals surface area (Å²) in [5.74, 6) is 0. The molecule has 1 nitrogen and oxygen atoms in total. The second-order valence-electron chi connectivity index (χ2n) is 2.45. The third-order valence-corrected chi connectivity index (χ3v) is 1.73. The summed E-state index contributed by atoms with van der Waals surface area (Å²) < 4.78 is 0. The van der Waals surface area contributed by atoms with Crippen molar-refractivity contribution in [2.24, 2.45) is 0 Å². The Morgan fingerprint density at radius 2 is 2.18 bits per heavy atom. The molecule has 1 aromatic carbocycles. The Kier molecular flexibility index (Phi) is 2.58. The van der Waals surface area contributed by atoms with Gasteiger partial charge in [0.05, 0.1) is 6.10 Å². The molecule has 0 aliphatic rings. The molecule has 1 unspecified atom stereocenters. The van der Waals surface area contributed by atoms with E-state index in [9.17, 15) is 5.11 Å². The van der Waals surface area contributed by atoms with Gasteiger partial charge in [-0.3, -0.25) is 0 Å². The first kappa shape index (κ1) is 8.63. The van der Waals surface area contributed by atoms with Crippen LogP contribution in [0, 0.1) is 0 Å². The summed E-state index contributed by atoms with van der Waals surface area (Å²) in [6.07, 6.45) is -0.561. The van der Waals surface area contributed by atoms with Gasteiger partial charge in [0.1, 0.15) is 7.85 Å². The molecule has 3 heteroatoms. The quantitative estimate of drug-likeness (QED) is 0.621. The lowest BCUT2D eigenvalue weighted by Crippen LogP contribution is -2.11. The Balaban J connectivity index is 3.13. The Morgan fingerprint density at radius 1 is 1.55 bits per heavy atom. The van der Waals surface area contributed by atoms with Crippen LogP contribution in [-0.2, 0) is 0 Å². The van der Waals surface area contributed by atoms with Crippen LogP contribution in [0.4, 0.5) is 0 Å². The molecular weight excluding hydrogens is 158 g/mol. The van der Waals surface area contributed by atoms with Crippen molar-refractivity contribution < 1.29 is 5.11 Å². The molecule has 0 bridgehead atoms. The van der Waals surface area contributed by atoms with Gasteiger partial charge >= 0.3 is 0 Å². The zero-order chi connectivity index (χ0) is 8.43. The maximum absolute atomic E-state index is 9.19. The van der Waals surface area contributed by atoms with Gasteiger partial charge in [0.2, 0.25) is 0 Å². The van der Waals surface area contributed by atoms with E-state index in [1.165, 1.54) is 0 Å². The standard InChI is InChI=1S/C8H8BClO/c1-5(11)7-4-6(10)2-3-8(7)9/h2-5,11H,1H3. The third-order valence-electron chi connectivity index (χ3n) is 1.50. The minimum atomic E-state index is -0.561. The Bertz CT molecular complexity index is 260. The molecule has 0 heterocycles. The second-order valence-corrected chi connectivity index (χ2v) is 2.89. The number of hydrogen-bond acceptors (Lipinski definition) is 1. The highest BCUT2D eigenvalue weighted by Crippen LogP contribution is 2.14. The predicted molar refractivity (Wildman–Crippen MR) is 47.5 cm³/mol. The van der Waals surface area contributed by atoms with Crippen LogP contribution in [0.5, 0.6) is 0 Å². The van der Waals surface area contributed by atoms with Crippen molar-refractivity contribution in [3.63, 3.8) is 0 Å². The third kappa shape index (κ3) is 1.98. The van der Waals surface area contributed by atoms with Gasteiger partial charge in [0.15, 0.2) is 0 Å². The zero-order valence-electron chi connectivity index (χ0n) is 6.21. The maximum atomic E-state index is 9.19. The second kappa shape index (κ2) is 3.29. The van der Waals surface area contributed by atoms with Crippen LogP contribution in [0.15, 0.2) is 18.2 Å². The molecular formula is C8H8BClO. The lowest BCUT2D eigenvalue weighted by molar-refractivity contribution is 0.200. The van der Waals surface area contributed by atoms with Crippen molar-refractivity contribution >= 4 is 24.9 Å². The van der Waals surface area contributed by atoms with Crippen LogP contribution < -0.4 is 5.46 Å². The summed E-state index contributed by atoms with van der Waals surface area (Å²) in [4.78, 5) is 0. The molecule has 0 aromatic heterocycles. The van der Waals surface area contributed by atoms with E-state index < -0.39 is 6.10 Å². The van der Waals surface area contributed by atoms with Gasteiger partial charge in [0, 0.05) is 5.02 Å². The van der Waals surface area contributed by atoms with Crippen molar-refractivity contribution in [2.75, 3.05) is 0 Å². The summed E-state index contributed by atoms with van der Waals surface area (Å²) in [6.45, 7) is 1.65. The fourth-order valence-corrected chi connectivity index (χ4v) is 1.09. The first-order valence-corrected chi connectivity index (χ1v) is 3.72. The van der Waals surface area contributed by atoms with E-state index in [-0.39, 0.29) is 0 Å². The minimum Gasteiger partial charge on any atom is -0.389 e. The van der Waals surface area contributed by atoms with E-state index in [0.717, 1.165) is 0 Å². The summed E-state index contributed by atoms with van der Waals surface area (Å²) in [7, 11) is 5.57. The normalized spacial score (nSPS) is 13.0. The number of benzene rings is 1. The van der Waals surface area contributed by atoms with Gasteiger partial charge in [-0.1, -0.05) is 23.1 Å². The Labute approximate surface area is 72.4 Å². The molecule has 11 heavy (non-hydrogen) atoms. The molecule has 2 radical (unpaired) electrons. The average Bonchev–Trinajstić information content (AvgIpc) is 1.94. The highest BCUT2D eigenvalue weighted by Gasteiger charge is 2.03. The summed E-state index contributed by atoms with van der Waals surface area (Å²) >= 11 is 5.69. The molecule has 1 aromatic rings. The lowest BCUT2D eigenvalue weighted by atomic mass is 9.88.